The summed E-state index contributed by atoms with van der Waals surface area (Å²) in [7, 11) is 0. The summed E-state index contributed by atoms with van der Waals surface area (Å²) in [5, 5.41) is 0.780. The van der Waals surface area contributed by atoms with E-state index in [4.69, 9.17) is 14.5 Å². The molecule has 0 spiro atoms. The summed E-state index contributed by atoms with van der Waals surface area (Å²) in [5.74, 6) is 1.51. The van der Waals surface area contributed by atoms with Crippen molar-refractivity contribution in [3.63, 3.8) is 0 Å². The molecule has 0 radical (unpaired) electrons. The Bertz CT molecular complexity index is 1020. The average Bonchev–Trinajstić information content (AvgIpc) is 3.34. The van der Waals surface area contributed by atoms with Crippen LogP contribution in [-0.4, -0.2) is 28.8 Å². The van der Waals surface area contributed by atoms with Gasteiger partial charge < -0.3 is 9.47 Å². The first-order chi connectivity index (χ1) is 14.7. The van der Waals surface area contributed by atoms with Gasteiger partial charge in [0, 0.05) is 6.04 Å². The molecule has 2 aromatic carbocycles. The summed E-state index contributed by atoms with van der Waals surface area (Å²) >= 11 is 1.46. The van der Waals surface area contributed by atoms with E-state index in [-0.39, 0.29) is 18.7 Å². The van der Waals surface area contributed by atoms with Gasteiger partial charge in [0.1, 0.15) is 0 Å². The molecule has 0 N–H and O–H groups in total. The van der Waals surface area contributed by atoms with Gasteiger partial charge in [-0.2, -0.15) is 0 Å². The van der Waals surface area contributed by atoms with Crippen LogP contribution in [0.2, 0.25) is 0 Å². The molecule has 5 nitrogen and oxygen atoms in total. The summed E-state index contributed by atoms with van der Waals surface area (Å²) in [6, 6.07) is 14.1. The first-order valence-corrected chi connectivity index (χ1v) is 11.3. The van der Waals surface area contributed by atoms with Gasteiger partial charge in [0.15, 0.2) is 16.7 Å². The Hall–Kier alpha value is -2.73. The van der Waals surface area contributed by atoms with Crippen LogP contribution in [-0.2, 0) is 4.79 Å². The molecule has 2 aliphatic heterocycles. The van der Waals surface area contributed by atoms with Crippen LogP contribution >= 0.6 is 11.8 Å². The highest BCUT2D eigenvalue weighted by atomic mass is 32.2. The largest absolute Gasteiger partial charge is 0.454 e. The van der Waals surface area contributed by atoms with Gasteiger partial charge in [-0.3, -0.25) is 9.69 Å². The number of amides is 1. The van der Waals surface area contributed by atoms with E-state index in [9.17, 15) is 4.79 Å². The van der Waals surface area contributed by atoms with Crippen molar-refractivity contribution in [3.8, 4) is 11.5 Å². The number of amidine groups is 1. The highest BCUT2D eigenvalue weighted by Crippen LogP contribution is 2.39. The van der Waals surface area contributed by atoms with Crippen LogP contribution in [0.15, 0.2) is 52.4 Å². The molecule has 3 aliphatic rings. The first-order valence-electron chi connectivity index (χ1n) is 10.5. The van der Waals surface area contributed by atoms with Crippen LogP contribution in [0, 0.1) is 6.92 Å². The van der Waals surface area contributed by atoms with E-state index in [1.54, 1.807) is 0 Å². The predicted molar refractivity (Wildman–Crippen MR) is 120 cm³/mol. The number of aliphatic imine (C=N–C) groups is 1. The smallest absolute Gasteiger partial charge is 0.267 e. The maximum absolute atomic E-state index is 13.4. The lowest BCUT2D eigenvalue weighted by Gasteiger charge is -2.30. The van der Waals surface area contributed by atoms with E-state index in [1.807, 2.05) is 41.3 Å². The Labute approximate surface area is 180 Å². The third-order valence-corrected chi connectivity index (χ3v) is 6.71. The van der Waals surface area contributed by atoms with Crippen LogP contribution < -0.4 is 9.47 Å². The average molecular weight is 421 g/mol. The van der Waals surface area contributed by atoms with Crippen LogP contribution in [0.4, 0.5) is 5.69 Å². The van der Waals surface area contributed by atoms with E-state index >= 15 is 0 Å². The number of fused-ring (bicyclic) bond motifs is 1. The molecule has 154 valence electrons. The number of hydrogen-bond acceptors (Lipinski definition) is 5. The summed E-state index contributed by atoms with van der Waals surface area (Å²) in [6.45, 7) is 2.30. The standard InChI is InChI=1S/C24H24N2O3S/c1-16-7-10-18(11-8-16)25-24-26(19-5-3-2-4-6-19)23(27)22(30-24)14-17-9-12-20-21(13-17)29-15-28-20/h7-14,19H,2-6,15H2,1H3/b22-14-,25-24?. The van der Waals surface area contributed by atoms with E-state index in [0.717, 1.165) is 53.6 Å². The molecular weight excluding hydrogens is 396 g/mol. The van der Waals surface area contributed by atoms with E-state index < -0.39 is 0 Å². The molecule has 5 rings (SSSR count). The Morgan fingerprint density at radius 3 is 2.60 bits per heavy atom. The molecule has 0 bridgehead atoms. The molecule has 6 heteroatoms. The minimum atomic E-state index is 0.0513. The number of nitrogens with zero attached hydrogens (tertiary/aromatic N) is 2. The molecule has 1 amide bonds. The Morgan fingerprint density at radius 1 is 1.03 bits per heavy atom. The van der Waals surface area contributed by atoms with Crippen molar-refractivity contribution in [2.45, 2.75) is 45.1 Å². The molecule has 30 heavy (non-hydrogen) atoms. The van der Waals surface area contributed by atoms with Gasteiger partial charge >= 0.3 is 0 Å². The topological polar surface area (TPSA) is 51.1 Å². The summed E-state index contributed by atoms with van der Waals surface area (Å²) < 4.78 is 10.9. The second-order valence-electron chi connectivity index (χ2n) is 7.92. The second-order valence-corrected chi connectivity index (χ2v) is 8.93. The lowest BCUT2D eigenvalue weighted by molar-refractivity contribution is -0.124. The molecule has 0 aromatic heterocycles. The summed E-state index contributed by atoms with van der Waals surface area (Å²) in [6.07, 6.45) is 7.59. The lowest BCUT2D eigenvalue weighted by atomic mass is 9.94. The summed E-state index contributed by atoms with van der Waals surface area (Å²) in [4.78, 5) is 20.9. The minimum Gasteiger partial charge on any atom is -0.454 e. The Morgan fingerprint density at radius 2 is 1.80 bits per heavy atom. The zero-order valence-electron chi connectivity index (χ0n) is 17.0. The van der Waals surface area contributed by atoms with Crippen molar-refractivity contribution in [2.24, 2.45) is 4.99 Å². The number of carbonyl (C=O) groups excluding carboxylic acids is 1. The van der Waals surface area contributed by atoms with Gasteiger partial charge in [0.2, 0.25) is 6.79 Å². The van der Waals surface area contributed by atoms with Gasteiger partial charge in [-0.15, -0.1) is 0 Å². The first kappa shape index (κ1) is 19.2. The Kier molecular flexibility index (Phi) is 5.25. The van der Waals surface area contributed by atoms with Gasteiger partial charge in [0.25, 0.3) is 5.91 Å². The third kappa shape index (κ3) is 3.84. The maximum Gasteiger partial charge on any atom is 0.267 e. The SMILES string of the molecule is Cc1ccc(N=C2S/C(=C\c3ccc4c(c3)OCO4)C(=O)N2C2CCCCC2)cc1. The van der Waals surface area contributed by atoms with Crippen molar-refractivity contribution in [1.82, 2.24) is 4.90 Å². The molecule has 2 heterocycles. The van der Waals surface area contributed by atoms with Crippen molar-refractivity contribution in [3.05, 3.63) is 58.5 Å². The van der Waals surface area contributed by atoms with E-state index in [0.29, 0.717) is 4.91 Å². The van der Waals surface area contributed by atoms with Crippen LogP contribution in [0.5, 0.6) is 11.5 Å². The highest BCUT2D eigenvalue weighted by Gasteiger charge is 2.38. The second kappa shape index (κ2) is 8.19. The number of carbonyl (C=O) groups is 1. The van der Waals surface area contributed by atoms with Crippen molar-refractivity contribution in [1.29, 1.82) is 0 Å². The number of benzene rings is 2. The monoisotopic (exact) mass is 420 g/mol. The van der Waals surface area contributed by atoms with Crippen molar-refractivity contribution >= 4 is 34.6 Å². The zero-order valence-corrected chi connectivity index (χ0v) is 17.8. The zero-order chi connectivity index (χ0) is 20.5. The lowest BCUT2D eigenvalue weighted by Crippen LogP contribution is -2.40. The normalized spacial score (nSPS) is 21.8. The Balaban J connectivity index is 1.49. The van der Waals surface area contributed by atoms with Gasteiger partial charge in [0.05, 0.1) is 10.6 Å². The van der Waals surface area contributed by atoms with Gasteiger partial charge in [-0.25, -0.2) is 4.99 Å². The van der Waals surface area contributed by atoms with Crippen LogP contribution in [0.3, 0.4) is 0 Å². The minimum absolute atomic E-state index is 0.0513. The van der Waals surface area contributed by atoms with Crippen molar-refractivity contribution in [2.75, 3.05) is 6.79 Å². The molecule has 1 aliphatic carbocycles. The maximum atomic E-state index is 13.4. The van der Waals surface area contributed by atoms with Crippen molar-refractivity contribution < 1.29 is 14.3 Å². The number of rotatable bonds is 3. The molecule has 1 saturated carbocycles. The van der Waals surface area contributed by atoms with E-state index in [1.165, 1.54) is 23.7 Å². The van der Waals surface area contributed by atoms with E-state index in [2.05, 4.69) is 19.1 Å². The molecular formula is C24H24N2O3S. The van der Waals surface area contributed by atoms with Crippen LogP contribution in [0.25, 0.3) is 6.08 Å². The fourth-order valence-electron chi connectivity index (χ4n) is 4.11. The van der Waals surface area contributed by atoms with Gasteiger partial charge in [-0.1, -0.05) is 43.0 Å². The quantitative estimate of drug-likeness (QED) is 0.601. The van der Waals surface area contributed by atoms with Gasteiger partial charge in [-0.05, 0) is 67.4 Å². The third-order valence-electron chi connectivity index (χ3n) is 5.73. The number of hydrogen-bond donors (Lipinski definition) is 0. The summed E-state index contributed by atoms with van der Waals surface area (Å²) in [5.41, 5.74) is 3.00. The molecule has 2 aromatic rings. The number of ether oxygens (including phenoxy) is 2. The van der Waals surface area contributed by atoms with Crippen LogP contribution in [0.1, 0.15) is 43.2 Å². The molecule has 2 fully saturated rings. The fourth-order valence-corrected chi connectivity index (χ4v) is 5.17. The predicted octanol–water partition coefficient (Wildman–Crippen LogP) is 5.66. The number of thioether (sulfide) groups is 1. The fraction of sp³-hybridized carbons (Fsp3) is 0.333. The highest BCUT2D eigenvalue weighted by molar-refractivity contribution is 8.18. The molecule has 0 unspecified atom stereocenters. The molecule has 1 saturated heterocycles. The number of aryl methyl sites for hydroxylation is 1. The molecule has 0 atom stereocenters.